The Balaban J connectivity index is 1.72. The first-order valence-corrected chi connectivity index (χ1v) is 9.32. The van der Waals surface area contributed by atoms with Crippen molar-refractivity contribution in [3.63, 3.8) is 0 Å². The van der Waals surface area contributed by atoms with Gasteiger partial charge in [-0.25, -0.2) is 14.1 Å². The number of ether oxygens (including phenoxy) is 1. The minimum absolute atomic E-state index is 0.263. The summed E-state index contributed by atoms with van der Waals surface area (Å²) in [5.41, 5.74) is 3.75. The molecule has 0 saturated carbocycles. The highest BCUT2D eigenvalue weighted by atomic mass is 19.1. The van der Waals surface area contributed by atoms with Gasteiger partial charge in [-0.05, 0) is 34.9 Å². The van der Waals surface area contributed by atoms with Crippen molar-refractivity contribution in [3.8, 4) is 0 Å². The summed E-state index contributed by atoms with van der Waals surface area (Å²) in [4.78, 5) is 4.10. The van der Waals surface area contributed by atoms with Gasteiger partial charge in [0, 0.05) is 0 Å². The Bertz CT molecular complexity index is 1050. The van der Waals surface area contributed by atoms with Gasteiger partial charge in [-0.2, -0.15) is 5.10 Å². The molecule has 0 aliphatic carbocycles. The molecule has 0 spiro atoms. The van der Waals surface area contributed by atoms with E-state index in [0.29, 0.717) is 6.61 Å². The third-order valence-corrected chi connectivity index (χ3v) is 4.50. The molecule has 4 rings (SSSR count). The molecular weight excluding hydrogens is 365 g/mol. The smallest absolute Gasteiger partial charge is 0.138 e. The summed E-state index contributed by atoms with van der Waals surface area (Å²) in [5, 5.41) is 4.33. The molecule has 0 amide bonds. The monoisotopic (exact) mass is 385 g/mol. The lowest BCUT2D eigenvalue weighted by molar-refractivity contribution is 0.0747. The summed E-state index contributed by atoms with van der Waals surface area (Å²) in [6.07, 6.45) is 4.81. The fraction of sp³-hybridized carbons (Fsp3) is 0.0833. The maximum Gasteiger partial charge on any atom is 0.138 e. The van der Waals surface area contributed by atoms with Crippen molar-refractivity contribution in [1.29, 1.82) is 0 Å². The van der Waals surface area contributed by atoms with Crippen molar-refractivity contribution in [1.82, 2.24) is 14.8 Å². The second-order valence-corrected chi connectivity index (χ2v) is 6.55. The second kappa shape index (κ2) is 9.08. The summed E-state index contributed by atoms with van der Waals surface area (Å²) in [6, 6.07) is 26.3. The first kappa shape index (κ1) is 18.8. The van der Waals surface area contributed by atoms with Gasteiger partial charge < -0.3 is 4.74 Å². The van der Waals surface area contributed by atoms with Crippen LogP contribution in [-0.4, -0.2) is 14.8 Å². The van der Waals surface area contributed by atoms with Crippen LogP contribution in [0.2, 0.25) is 0 Å². The largest absolute Gasteiger partial charge is 0.362 e. The Labute approximate surface area is 168 Å². The zero-order valence-corrected chi connectivity index (χ0v) is 15.7. The molecular formula is C24H20FN3O. The molecule has 0 aliphatic heterocycles. The predicted molar refractivity (Wildman–Crippen MR) is 111 cm³/mol. The molecule has 0 bridgehead atoms. The highest BCUT2D eigenvalue weighted by Crippen LogP contribution is 2.31. The van der Waals surface area contributed by atoms with Crippen molar-refractivity contribution < 1.29 is 9.13 Å². The van der Waals surface area contributed by atoms with Gasteiger partial charge in [0.15, 0.2) is 0 Å². The van der Waals surface area contributed by atoms with Crippen LogP contribution in [0.25, 0.3) is 11.8 Å². The minimum atomic E-state index is -0.386. The van der Waals surface area contributed by atoms with E-state index in [9.17, 15) is 4.39 Å². The van der Waals surface area contributed by atoms with Gasteiger partial charge in [-0.3, -0.25) is 0 Å². The molecule has 0 fully saturated rings. The van der Waals surface area contributed by atoms with Crippen LogP contribution in [0.15, 0.2) is 97.6 Å². The molecule has 1 unspecified atom stereocenters. The SMILES string of the molecule is Fc1ccc(COC(/C(=C\c2ccccc2)n2cncn2)c2ccccc2)cc1. The second-order valence-electron chi connectivity index (χ2n) is 6.55. The normalized spacial score (nSPS) is 12.7. The molecule has 4 aromatic rings. The molecule has 0 aliphatic rings. The molecule has 4 nitrogen and oxygen atoms in total. The summed E-state index contributed by atoms with van der Waals surface area (Å²) in [6.45, 7) is 0.334. The summed E-state index contributed by atoms with van der Waals surface area (Å²) < 4.78 is 21.3. The van der Waals surface area contributed by atoms with Crippen LogP contribution in [0.3, 0.4) is 0 Å². The first-order valence-electron chi connectivity index (χ1n) is 9.32. The highest BCUT2D eigenvalue weighted by Gasteiger charge is 2.20. The third kappa shape index (κ3) is 4.83. The van der Waals surface area contributed by atoms with Crippen molar-refractivity contribution in [2.24, 2.45) is 0 Å². The summed E-state index contributed by atoms with van der Waals surface area (Å²) >= 11 is 0. The van der Waals surface area contributed by atoms with Gasteiger partial charge in [-0.15, -0.1) is 0 Å². The predicted octanol–water partition coefficient (Wildman–Crippen LogP) is 5.37. The lowest BCUT2D eigenvalue weighted by Crippen LogP contribution is -2.12. The molecule has 0 N–H and O–H groups in total. The molecule has 29 heavy (non-hydrogen) atoms. The average molecular weight is 385 g/mol. The van der Waals surface area contributed by atoms with Gasteiger partial charge in [0.25, 0.3) is 0 Å². The molecule has 1 atom stereocenters. The van der Waals surface area contributed by atoms with Gasteiger partial charge in [0.05, 0.1) is 12.3 Å². The van der Waals surface area contributed by atoms with Gasteiger partial charge >= 0.3 is 0 Å². The lowest BCUT2D eigenvalue weighted by Gasteiger charge is -2.22. The molecule has 0 radical (unpaired) electrons. The van der Waals surface area contributed by atoms with Crippen LogP contribution < -0.4 is 0 Å². The lowest BCUT2D eigenvalue weighted by atomic mass is 10.0. The van der Waals surface area contributed by atoms with Crippen molar-refractivity contribution in [2.45, 2.75) is 12.7 Å². The summed E-state index contributed by atoms with van der Waals surface area (Å²) in [5.74, 6) is -0.263. The van der Waals surface area contributed by atoms with E-state index in [2.05, 4.69) is 10.1 Å². The Hall–Kier alpha value is -3.57. The quantitative estimate of drug-likeness (QED) is 0.429. The third-order valence-electron chi connectivity index (χ3n) is 4.50. The number of rotatable bonds is 7. The Kier molecular flexibility index (Phi) is 5.88. The van der Waals surface area contributed by atoms with Crippen LogP contribution >= 0.6 is 0 Å². The number of aromatic nitrogens is 3. The fourth-order valence-corrected chi connectivity index (χ4v) is 3.06. The van der Waals surface area contributed by atoms with Gasteiger partial charge in [-0.1, -0.05) is 72.8 Å². The molecule has 1 heterocycles. The van der Waals surface area contributed by atoms with Crippen LogP contribution in [-0.2, 0) is 11.3 Å². The average Bonchev–Trinajstić information content (AvgIpc) is 3.30. The van der Waals surface area contributed by atoms with E-state index in [4.69, 9.17) is 4.74 Å². The van der Waals surface area contributed by atoms with E-state index in [1.165, 1.54) is 18.5 Å². The fourth-order valence-electron chi connectivity index (χ4n) is 3.06. The molecule has 1 aromatic heterocycles. The molecule has 144 valence electrons. The van der Waals surface area contributed by atoms with Gasteiger partial charge in [0.1, 0.15) is 24.6 Å². The summed E-state index contributed by atoms with van der Waals surface area (Å²) in [7, 11) is 0. The van der Waals surface area contributed by atoms with E-state index >= 15 is 0 Å². The van der Waals surface area contributed by atoms with Crippen molar-refractivity contribution >= 4 is 11.8 Å². The van der Waals surface area contributed by atoms with E-state index in [1.807, 2.05) is 66.7 Å². The van der Waals surface area contributed by atoms with Crippen molar-refractivity contribution in [2.75, 3.05) is 0 Å². The Morgan fingerprint density at radius 3 is 2.28 bits per heavy atom. The number of benzene rings is 3. The van der Waals surface area contributed by atoms with E-state index in [0.717, 1.165) is 22.4 Å². The number of hydrogen-bond acceptors (Lipinski definition) is 3. The Morgan fingerprint density at radius 2 is 1.62 bits per heavy atom. The number of hydrogen-bond donors (Lipinski definition) is 0. The molecule has 5 heteroatoms. The van der Waals surface area contributed by atoms with E-state index in [1.54, 1.807) is 23.1 Å². The molecule has 0 saturated heterocycles. The van der Waals surface area contributed by atoms with Crippen LogP contribution in [0, 0.1) is 5.82 Å². The molecule has 3 aromatic carbocycles. The zero-order chi connectivity index (χ0) is 19.9. The number of halogens is 1. The van der Waals surface area contributed by atoms with Crippen LogP contribution in [0.5, 0.6) is 0 Å². The van der Waals surface area contributed by atoms with Crippen LogP contribution in [0.1, 0.15) is 22.8 Å². The maximum atomic E-state index is 13.2. The first-order chi connectivity index (χ1) is 14.3. The number of nitrogens with zero attached hydrogens (tertiary/aromatic N) is 3. The topological polar surface area (TPSA) is 39.9 Å². The highest BCUT2D eigenvalue weighted by molar-refractivity contribution is 5.73. The maximum absolute atomic E-state index is 13.2. The minimum Gasteiger partial charge on any atom is -0.362 e. The van der Waals surface area contributed by atoms with E-state index < -0.39 is 0 Å². The van der Waals surface area contributed by atoms with E-state index in [-0.39, 0.29) is 11.9 Å². The van der Waals surface area contributed by atoms with Crippen LogP contribution in [0.4, 0.5) is 4.39 Å². The zero-order valence-electron chi connectivity index (χ0n) is 15.7. The van der Waals surface area contributed by atoms with Crippen molar-refractivity contribution in [3.05, 3.63) is 120 Å². The standard InChI is InChI=1S/C24H20FN3O/c25-22-13-11-20(12-14-22)16-29-24(21-9-5-2-6-10-21)23(28-18-26-17-27-28)15-19-7-3-1-4-8-19/h1-15,17-18,24H,16H2/b23-15+. The Morgan fingerprint density at radius 1 is 0.931 bits per heavy atom. The van der Waals surface area contributed by atoms with Gasteiger partial charge in [0.2, 0.25) is 0 Å².